The number of carbonyl (C=O) groups is 3. The molecule has 37 heavy (non-hydrogen) atoms. The first-order chi connectivity index (χ1) is 17.9. The van der Waals surface area contributed by atoms with Gasteiger partial charge in [-0.05, 0) is 80.4 Å². The third-order valence-corrected chi connectivity index (χ3v) is 7.61. The summed E-state index contributed by atoms with van der Waals surface area (Å²) in [4.78, 5) is 41.5. The van der Waals surface area contributed by atoms with Gasteiger partial charge in [-0.2, -0.15) is 0 Å². The van der Waals surface area contributed by atoms with E-state index in [9.17, 15) is 18.8 Å². The second kappa shape index (κ2) is 10.6. The molecular weight excluding hydrogens is 489 g/mol. The van der Waals surface area contributed by atoms with Gasteiger partial charge in [0.1, 0.15) is 16.4 Å². The minimum atomic E-state index is -0.485. The van der Waals surface area contributed by atoms with E-state index in [0.29, 0.717) is 17.1 Å². The highest BCUT2D eigenvalue weighted by molar-refractivity contribution is 8.04. The van der Waals surface area contributed by atoms with Crippen LogP contribution in [0.25, 0.3) is 0 Å². The Labute approximate surface area is 218 Å². The summed E-state index contributed by atoms with van der Waals surface area (Å²) in [7, 11) is 0. The van der Waals surface area contributed by atoms with Gasteiger partial charge in [-0.3, -0.25) is 14.4 Å². The average Bonchev–Trinajstić information content (AvgIpc) is 3.51. The number of aryl methyl sites for hydroxylation is 1. The van der Waals surface area contributed by atoms with E-state index in [1.807, 2.05) is 31.2 Å². The lowest BCUT2D eigenvalue weighted by atomic mass is 10.1. The Morgan fingerprint density at radius 3 is 2.14 bits per heavy atom. The number of imide groups is 1. The van der Waals surface area contributed by atoms with Crippen LogP contribution >= 0.6 is 11.8 Å². The fraction of sp³-hybridized carbons (Fsp3) is 0.207. The molecule has 6 nitrogen and oxygen atoms in total. The minimum Gasteiger partial charge on any atom is -0.350 e. The van der Waals surface area contributed by atoms with Crippen LogP contribution in [-0.2, 0) is 14.4 Å². The molecule has 0 spiro atoms. The molecule has 0 atom stereocenters. The second-order valence-corrected chi connectivity index (χ2v) is 10.3. The number of nitrogens with zero attached hydrogens (tertiary/aromatic N) is 1. The molecule has 8 heteroatoms. The summed E-state index contributed by atoms with van der Waals surface area (Å²) in [5.74, 6) is -1.22. The summed E-state index contributed by atoms with van der Waals surface area (Å²) >= 11 is 1.17. The van der Waals surface area contributed by atoms with Crippen molar-refractivity contribution in [1.82, 2.24) is 0 Å². The van der Waals surface area contributed by atoms with Crippen molar-refractivity contribution in [2.45, 2.75) is 37.5 Å². The summed E-state index contributed by atoms with van der Waals surface area (Å²) in [6, 6.07) is 19.9. The maximum absolute atomic E-state index is 13.5. The van der Waals surface area contributed by atoms with Crippen molar-refractivity contribution in [3.63, 3.8) is 0 Å². The highest BCUT2D eigenvalue weighted by Gasteiger charge is 2.40. The molecule has 1 aliphatic carbocycles. The lowest BCUT2D eigenvalue weighted by molar-refractivity contribution is -0.121. The fourth-order valence-electron chi connectivity index (χ4n) is 4.48. The first-order valence-corrected chi connectivity index (χ1v) is 13.0. The van der Waals surface area contributed by atoms with Crippen molar-refractivity contribution in [3.05, 3.63) is 94.8 Å². The Balaban J connectivity index is 1.40. The zero-order valence-electron chi connectivity index (χ0n) is 20.3. The van der Waals surface area contributed by atoms with E-state index in [-0.39, 0.29) is 22.4 Å². The van der Waals surface area contributed by atoms with E-state index in [1.165, 1.54) is 36.0 Å². The van der Waals surface area contributed by atoms with Crippen LogP contribution in [0, 0.1) is 18.7 Å². The summed E-state index contributed by atoms with van der Waals surface area (Å²) in [6.07, 6.45) is 4.02. The highest BCUT2D eigenvalue weighted by atomic mass is 32.2. The third kappa shape index (κ3) is 5.44. The largest absolute Gasteiger partial charge is 0.350 e. The summed E-state index contributed by atoms with van der Waals surface area (Å²) in [5.41, 5.74) is 2.79. The Bertz CT molecular complexity index is 1360. The number of carbonyl (C=O) groups excluding carboxylic acids is 3. The molecule has 0 bridgehead atoms. The van der Waals surface area contributed by atoms with Gasteiger partial charge in [0.25, 0.3) is 11.8 Å². The lowest BCUT2D eigenvalue weighted by Gasteiger charge is -2.15. The molecule has 3 aromatic rings. The molecular formula is C29H26FN3O3S. The predicted molar refractivity (Wildman–Crippen MR) is 144 cm³/mol. The van der Waals surface area contributed by atoms with E-state index < -0.39 is 17.6 Å². The van der Waals surface area contributed by atoms with E-state index >= 15 is 0 Å². The topological polar surface area (TPSA) is 78.5 Å². The second-order valence-electron chi connectivity index (χ2n) is 9.21. The molecule has 0 saturated heterocycles. The summed E-state index contributed by atoms with van der Waals surface area (Å²) in [5, 5.41) is 5.99. The van der Waals surface area contributed by atoms with Crippen LogP contribution in [0.15, 0.2) is 88.3 Å². The number of anilines is 3. The standard InChI is InChI=1S/C29H26FN3O3S/c1-18-6-14-23(15-7-18)33-28(35)25(31-21-10-8-20(30)9-11-21)26(29(33)36)37-24-16-12-22(13-17-24)32-27(34)19-4-2-3-5-19/h6-17,19,31H,2-5H2,1H3,(H,32,34). The number of thioether (sulfide) groups is 1. The van der Waals surface area contributed by atoms with Crippen molar-refractivity contribution in [2.75, 3.05) is 15.5 Å². The Morgan fingerprint density at radius 2 is 1.49 bits per heavy atom. The van der Waals surface area contributed by atoms with E-state index in [4.69, 9.17) is 0 Å². The van der Waals surface area contributed by atoms with Crippen LogP contribution in [0.1, 0.15) is 31.2 Å². The van der Waals surface area contributed by atoms with Crippen molar-refractivity contribution in [2.24, 2.45) is 5.92 Å². The van der Waals surface area contributed by atoms with Crippen molar-refractivity contribution >= 4 is 46.5 Å². The maximum atomic E-state index is 13.5. The number of hydrogen-bond donors (Lipinski definition) is 2. The molecule has 3 amide bonds. The molecule has 188 valence electrons. The van der Waals surface area contributed by atoms with E-state index in [2.05, 4.69) is 10.6 Å². The van der Waals surface area contributed by atoms with Gasteiger partial charge in [-0.1, -0.05) is 42.3 Å². The predicted octanol–water partition coefficient (Wildman–Crippen LogP) is 6.25. The smallest absolute Gasteiger partial charge is 0.283 e. The van der Waals surface area contributed by atoms with Crippen molar-refractivity contribution in [1.29, 1.82) is 0 Å². The quantitative estimate of drug-likeness (QED) is 0.364. The molecule has 2 N–H and O–H groups in total. The maximum Gasteiger partial charge on any atom is 0.283 e. The van der Waals surface area contributed by atoms with Crippen LogP contribution in [0.4, 0.5) is 21.5 Å². The highest BCUT2D eigenvalue weighted by Crippen LogP contribution is 2.38. The molecule has 1 saturated carbocycles. The minimum absolute atomic E-state index is 0.0386. The van der Waals surface area contributed by atoms with E-state index in [0.717, 1.165) is 41.0 Å². The zero-order chi connectivity index (χ0) is 25.9. The van der Waals surface area contributed by atoms with Crippen LogP contribution in [0.5, 0.6) is 0 Å². The summed E-state index contributed by atoms with van der Waals surface area (Å²) < 4.78 is 13.4. The number of amides is 3. The van der Waals surface area contributed by atoms with Gasteiger partial charge < -0.3 is 10.6 Å². The van der Waals surface area contributed by atoms with Gasteiger partial charge in [0.15, 0.2) is 0 Å². The van der Waals surface area contributed by atoms with Crippen molar-refractivity contribution in [3.8, 4) is 0 Å². The fourth-order valence-corrected chi connectivity index (χ4v) is 5.40. The van der Waals surface area contributed by atoms with Crippen LogP contribution in [0.2, 0.25) is 0 Å². The van der Waals surface area contributed by atoms with Crippen LogP contribution in [0.3, 0.4) is 0 Å². The Morgan fingerprint density at radius 1 is 0.865 bits per heavy atom. The first kappa shape index (κ1) is 24.8. The average molecular weight is 516 g/mol. The molecule has 0 radical (unpaired) electrons. The molecule has 1 fully saturated rings. The number of rotatable bonds is 7. The van der Waals surface area contributed by atoms with Gasteiger partial charge in [0.05, 0.1) is 5.69 Å². The zero-order valence-corrected chi connectivity index (χ0v) is 21.1. The van der Waals surface area contributed by atoms with Crippen LogP contribution in [-0.4, -0.2) is 17.7 Å². The van der Waals surface area contributed by atoms with Gasteiger partial charge >= 0.3 is 0 Å². The number of benzene rings is 3. The summed E-state index contributed by atoms with van der Waals surface area (Å²) in [6.45, 7) is 1.93. The normalized spacial score (nSPS) is 16.0. The molecule has 5 rings (SSSR count). The van der Waals surface area contributed by atoms with Gasteiger partial charge in [0, 0.05) is 22.2 Å². The van der Waals surface area contributed by atoms with Crippen molar-refractivity contribution < 1.29 is 18.8 Å². The van der Waals surface area contributed by atoms with Gasteiger partial charge in [-0.15, -0.1) is 0 Å². The number of hydrogen-bond acceptors (Lipinski definition) is 5. The van der Waals surface area contributed by atoms with Gasteiger partial charge in [0.2, 0.25) is 5.91 Å². The molecule has 1 heterocycles. The molecule has 0 unspecified atom stereocenters. The van der Waals surface area contributed by atoms with Crippen LogP contribution < -0.4 is 15.5 Å². The first-order valence-electron chi connectivity index (χ1n) is 12.2. The molecule has 2 aliphatic rings. The molecule has 0 aromatic heterocycles. The molecule has 1 aliphatic heterocycles. The third-order valence-electron chi connectivity index (χ3n) is 6.51. The number of halogens is 1. The monoisotopic (exact) mass is 515 g/mol. The van der Waals surface area contributed by atoms with E-state index in [1.54, 1.807) is 24.3 Å². The lowest BCUT2D eigenvalue weighted by Crippen LogP contribution is -2.32. The SMILES string of the molecule is Cc1ccc(N2C(=O)C(Nc3ccc(F)cc3)=C(Sc3ccc(NC(=O)C4CCCC4)cc3)C2=O)cc1. The number of nitrogens with one attached hydrogen (secondary N) is 2. The molecule has 3 aromatic carbocycles. The Hall–Kier alpha value is -3.91. The van der Waals surface area contributed by atoms with Gasteiger partial charge in [-0.25, -0.2) is 9.29 Å². The Kier molecular flexibility index (Phi) is 7.10.